The second-order valence-electron chi connectivity index (χ2n) is 4.98. The quantitative estimate of drug-likeness (QED) is 0.894. The lowest BCUT2D eigenvalue weighted by atomic mass is 9.93. The highest BCUT2D eigenvalue weighted by molar-refractivity contribution is 5.24. The molecule has 0 aliphatic carbocycles. The van der Waals surface area contributed by atoms with Crippen molar-refractivity contribution in [2.75, 3.05) is 19.7 Å². The third-order valence-electron chi connectivity index (χ3n) is 3.66. The summed E-state index contributed by atoms with van der Waals surface area (Å²) in [5, 5.41) is 9.34. The number of hydrogen-bond donors (Lipinski definition) is 1. The molecule has 100 valence electrons. The van der Waals surface area contributed by atoms with Crippen molar-refractivity contribution < 1.29 is 13.9 Å². The minimum absolute atomic E-state index is 0.0745. The van der Waals surface area contributed by atoms with Crippen LogP contribution in [0.1, 0.15) is 31.4 Å². The fourth-order valence-corrected chi connectivity index (χ4v) is 2.74. The standard InChI is InChI=1S/C14H19F2NO/c1-10(9-18)14(17-7-2-3-8-17)13-11(15)5-4-6-12(13)16/h4-6,10,14,18H,2-3,7-9H2,1H3. The number of rotatable bonds is 4. The largest absolute Gasteiger partial charge is 0.396 e. The summed E-state index contributed by atoms with van der Waals surface area (Å²) in [7, 11) is 0. The molecule has 0 bridgehead atoms. The Morgan fingerprint density at radius 3 is 2.28 bits per heavy atom. The minimum atomic E-state index is -0.521. The Hall–Kier alpha value is -1.00. The van der Waals surface area contributed by atoms with Crippen molar-refractivity contribution in [2.24, 2.45) is 5.92 Å². The van der Waals surface area contributed by atoms with Crippen molar-refractivity contribution in [1.82, 2.24) is 4.90 Å². The summed E-state index contributed by atoms with van der Waals surface area (Å²) >= 11 is 0. The molecule has 0 radical (unpaired) electrons. The minimum Gasteiger partial charge on any atom is -0.396 e. The van der Waals surface area contributed by atoms with Crippen molar-refractivity contribution >= 4 is 0 Å². The highest BCUT2D eigenvalue weighted by atomic mass is 19.1. The van der Waals surface area contributed by atoms with Gasteiger partial charge in [-0.25, -0.2) is 8.78 Å². The molecular weight excluding hydrogens is 236 g/mol. The Morgan fingerprint density at radius 2 is 1.78 bits per heavy atom. The van der Waals surface area contributed by atoms with Gasteiger partial charge in [0.1, 0.15) is 11.6 Å². The van der Waals surface area contributed by atoms with Gasteiger partial charge in [0, 0.05) is 18.2 Å². The van der Waals surface area contributed by atoms with E-state index in [0.717, 1.165) is 25.9 Å². The molecule has 18 heavy (non-hydrogen) atoms. The van der Waals surface area contributed by atoms with E-state index in [1.807, 2.05) is 6.92 Å². The molecule has 2 nitrogen and oxygen atoms in total. The molecule has 1 aromatic carbocycles. The smallest absolute Gasteiger partial charge is 0.130 e. The van der Waals surface area contributed by atoms with Crippen molar-refractivity contribution in [2.45, 2.75) is 25.8 Å². The van der Waals surface area contributed by atoms with Crippen molar-refractivity contribution in [3.8, 4) is 0 Å². The number of aliphatic hydroxyl groups excluding tert-OH is 1. The number of benzene rings is 1. The van der Waals surface area contributed by atoms with Gasteiger partial charge in [-0.2, -0.15) is 0 Å². The van der Waals surface area contributed by atoms with Crippen molar-refractivity contribution in [1.29, 1.82) is 0 Å². The van der Waals surface area contributed by atoms with Crippen LogP contribution >= 0.6 is 0 Å². The summed E-state index contributed by atoms with van der Waals surface area (Å²) in [6, 6.07) is 3.56. The van der Waals surface area contributed by atoms with Gasteiger partial charge in [-0.05, 0) is 44.0 Å². The molecule has 4 heteroatoms. The molecule has 0 aromatic heterocycles. The monoisotopic (exact) mass is 255 g/mol. The van der Waals surface area contributed by atoms with Crippen LogP contribution in [0.25, 0.3) is 0 Å². The van der Waals surface area contributed by atoms with Crippen LogP contribution in [0.4, 0.5) is 8.78 Å². The lowest BCUT2D eigenvalue weighted by Gasteiger charge is -2.32. The summed E-state index contributed by atoms with van der Waals surface area (Å²) < 4.78 is 27.8. The van der Waals surface area contributed by atoms with Gasteiger partial charge in [0.15, 0.2) is 0 Å². The molecule has 1 saturated heterocycles. The van der Waals surface area contributed by atoms with E-state index >= 15 is 0 Å². The van der Waals surface area contributed by atoms with Crippen LogP contribution in [0.5, 0.6) is 0 Å². The first-order chi connectivity index (χ1) is 8.65. The summed E-state index contributed by atoms with van der Waals surface area (Å²) in [5.41, 5.74) is 0.0981. The zero-order chi connectivity index (χ0) is 13.1. The fraction of sp³-hybridized carbons (Fsp3) is 0.571. The Labute approximate surface area is 106 Å². The van der Waals surface area contributed by atoms with Crippen LogP contribution in [0, 0.1) is 17.6 Å². The molecule has 1 heterocycles. The van der Waals surface area contributed by atoms with E-state index in [1.54, 1.807) is 0 Å². The third-order valence-corrected chi connectivity index (χ3v) is 3.66. The molecule has 0 saturated carbocycles. The molecule has 2 unspecified atom stereocenters. The summed E-state index contributed by atoms with van der Waals surface area (Å²) in [5.74, 6) is -1.23. The number of aliphatic hydroxyl groups is 1. The van der Waals surface area contributed by atoms with Gasteiger partial charge in [-0.15, -0.1) is 0 Å². The first-order valence-corrected chi connectivity index (χ1v) is 6.44. The van der Waals surface area contributed by atoms with Crippen LogP contribution in [-0.4, -0.2) is 29.7 Å². The SMILES string of the molecule is CC(CO)C(c1c(F)cccc1F)N1CCCC1. The lowest BCUT2D eigenvalue weighted by Crippen LogP contribution is -2.33. The molecule has 0 spiro atoms. The topological polar surface area (TPSA) is 23.5 Å². The van der Waals surface area contributed by atoms with Gasteiger partial charge in [0.25, 0.3) is 0 Å². The zero-order valence-corrected chi connectivity index (χ0v) is 10.6. The Morgan fingerprint density at radius 1 is 1.22 bits per heavy atom. The second-order valence-corrected chi connectivity index (χ2v) is 4.98. The van der Waals surface area contributed by atoms with Gasteiger partial charge in [-0.3, -0.25) is 4.90 Å². The fourth-order valence-electron chi connectivity index (χ4n) is 2.74. The Balaban J connectivity index is 2.38. The average Bonchev–Trinajstić information content (AvgIpc) is 2.86. The molecule has 1 aliphatic heterocycles. The summed E-state index contributed by atoms with van der Waals surface area (Å²) in [6.07, 6.45) is 2.09. The summed E-state index contributed by atoms with van der Waals surface area (Å²) in [4.78, 5) is 2.07. The van der Waals surface area contributed by atoms with E-state index in [2.05, 4.69) is 4.90 Å². The molecule has 1 aliphatic rings. The predicted octanol–water partition coefficient (Wildman–Crippen LogP) is 2.73. The van der Waals surface area contributed by atoms with E-state index in [-0.39, 0.29) is 24.1 Å². The molecule has 2 atom stereocenters. The Kier molecular flexibility index (Phi) is 4.30. The lowest BCUT2D eigenvalue weighted by molar-refractivity contribution is 0.120. The van der Waals surface area contributed by atoms with Gasteiger partial charge in [0.2, 0.25) is 0 Å². The summed E-state index contributed by atoms with van der Waals surface area (Å²) in [6.45, 7) is 3.43. The van der Waals surface area contributed by atoms with Crippen molar-refractivity contribution in [3.05, 3.63) is 35.4 Å². The van der Waals surface area contributed by atoms with E-state index in [1.165, 1.54) is 18.2 Å². The normalized spacial score (nSPS) is 20.0. The molecule has 1 fully saturated rings. The molecule has 1 N–H and O–H groups in total. The maximum atomic E-state index is 13.9. The number of hydrogen-bond acceptors (Lipinski definition) is 2. The predicted molar refractivity (Wildman–Crippen MR) is 66.2 cm³/mol. The van der Waals surface area contributed by atoms with Crippen molar-refractivity contribution in [3.63, 3.8) is 0 Å². The number of nitrogens with zero attached hydrogens (tertiary/aromatic N) is 1. The van der Waals surface area contributed by atoms with Gasteiger partial charge < -0.3 is 5.11 Å². The van der Waals surface area contributed by atoms with Crippen LogP contribution in [0.15, 0.2) is 18.2 Å². The second kappa shape index (κ2) is 5.76. The first-order valence-electron chi connectivity index (χ1n) is 6.44. The van der Waals surface area contributed by atoms with Crippen LogP contribution in [0.2, 0.25) is 0 Å². The van der Waals surface area contributed by atoms with E-state index in [0.29, 0.717) is 0 Å². The molecular formula is C14H19F2NO. The maximum absolute atomic E-state index is 13.9. The van der Waals surface area contributed by atoms with Gasteiger partial charge >= 0.3 is 0 Å². The van der Waals surface area contributed by atoms with Crippen LogP contribution in [0.3, 0.4) is 0 Å². The average molecular weight is 255 g/mol. The number of likely N-dealkylation sites (tertiary alicyclic amines) is 1. The highest BCUT2D eigenvalue weighted by Gasteiger charge is 2.32. The molecule has 0 amide bonds. The number of halogens is 2. The van der Waals surface area contributed by atoms with E-state index in [4.69, 9.17) is 0 Å². The van der Waals surface area contributed by atoms with Gasteiger partial charge in [0.05, 0.1) is 0 Å². The molecule has 2 rings (SSSR count). The van der Waals surface area contributed by atoms with E-state index < -0.39 is 11.6 Å². The molecule has 1 aromatic rings. The highest BCUT2D eigenvalue weighted by Crippen LogP contribution is 2.34. The third kappa shape index (κ3) is 2.54. The zero-order valence-electron chi connectivity index (χ0n) is 10.6. The van der Waals surface area contributed by atoms with Crippen LogP contribution in [-0.2, 0) is 0 Å². The van der Waals surface area contributed by atoms with E-state index in [9.17, 15) is 13.9 Å². The maximum Gasteiger partial charge on any atom is 0.130 e. The Bertz CT molecular complexity index is 385. The van der Waals surface area contributed by atoms with Gasteiger partial charge in [-0.1, -0.05) is 13.0 Å². The first kappa shape index (κ1) is 13.4. The van der Waals surface area contributed by atoms with Crippen LogP contribution < -0.4 is 0 Å².